The number of halogens is 3. The molecule has 0 atom stereocenters. The Hall–Kier alpha value is -3.43. The van der Waals surface area contributed by atoms with Gasteiger partial charge in [-0.15, -0.1) is 0 Å². The lowest BCUT2D eigenvalue weighted by atomic mass is 9.77. The van der Waals surface area contributed by atoms with Crippen LogP contribution in [-0.4, -0.2) is 35.8 Å². The van der Waals surface area contributed by atoms with E-state index < -0.39 is 24.5 Å². The molecule has 1 saturated heterocycles. The van der Waals surface area contributed by atoms with Gasteiger partial charge in [-0.25, -0.2) is 9.37 Å². The minimum Gasteiger partial charge on any atom is -0.417 e. The van der Waals surface area contributed by atoms with E-state index in [-0.39, 0.29) is 25.0 Å². The molecule has 0 saturated carbocycles. The van der Waals surface area contributed by atoms with Crippen molar-refractivity contribution in [2.75, 3.05) is 18.5 Å². The Morgan fingerprint density at radius 1 is 1.16 bits per heavy atom. The maximum atomic E-state index is 13.1. The lowest BCUT2D eigenvalue weighted by Gasteiger charge is -2.40. The van der Waals surface area contributed by atoms with E-state index in [1.165, 1.54) is 36.5 Å². The first-order chi connectivity index (χ1) is 15.4. The number of alkyl halides is 2. The molecule has 9 heteroatoms. The monoisotopic (exact) mass is 444 g/mol. The van der Waals surface area contributed by atoms with Crippen molar-refractivity contribution in [1.29, 1.82) is 0 Å². The number of nitrogens with zero attached hydrogens (tertiary/aromatic N) is 1. The zero-order valence-corrected chi connectivity index (χ0v) is 16.7. The van der Waals surface area contributed by atoms with Crippen molar-refractivity contribution >= 4 is 11.6 Å². The Balaban J connectivity index is 1.57. The third-order valence-corrected chi connectivity index (χ3v) is 5.33. The Kier molecular flexibility index (Phi) is 6.11. The summed E-state index contributed by atoms with van der Waals surface area (Å²) in [6, 6.07) is 13.8. The van der Waals surface area contributed by atoms with Gasteiger partial charge in [0.1, 0.15) is 11.2 Å². The smallest absolute Gasteiger partial charge is 0.388 e. The molecule has 0 aliphatic carbocycles. The second-order valence-electron chi connectivity index (χ2n) is 7.33. The standard InChI is InChI=1S/C23H19F3N2O4/c24-17-5-7-18(8-6-17)28-21(30)23(12-31-13-23)16-3-1-14(2-4-16)19-10-27-20(32-22(25)26)9-15(19)11-29/h1-10,22,29H,11-13H2,(H,28,30). The second kappa shape index (κ2) is 8.97. The van der Waals surface area contributed by atoms with E-state index in [1.54, 1.807) is 24.3 Å². The van der Waals surface area contributed by atoms with Gasteiger partial charge in [0.25, 0.3) is 0 Å². The molecule has 2 N–H and O–H groups in total. The summed E-state index contributed by atoms with van der Waals surface area (Å²) in [6.45, 7) is -3.01. The predicted molar refractivity (Wildman–Crippen MR) is 110 cm³/mol. The van der Waals surface area contributed by atoms with Crippen molar-refractivity contribution < 1.29 is 32.5 Å². The molecule has 0 bridgehead atoms. The highest BCUT2D eigenvalue weighted by Gasteiger charge is 2.47. The number of anilines is 1. The van der Waals surface area contributed by atoms with Crippen LogP contribution in [0.25, 0.3) is 11.1 Å². The highest BCUT2D eigenvalue weighted by Crippen LogP contribution is 2.36. The number of aliphatic hydroxyl groups excluding tert-OH is 1. The second-order valence-corrected chi connectivity index (χ2v) is 7.33. The van der Waals surface area contributed by atoms with Crippen LogP contribution >= 0.6 is 0 Å². The summed E-state index contributed by atoms with van der Waals surface area (Å²) < 4.78 is 47.5. The van der Waals surface area contributed by atoms with Crippen molar-refractivity contribution in [2.45, 2.75) is 18.6 Å². The maximum Gasteiger partial charge on any atom is 0.388 e. The molecule has 1 aromatic heterocycles. The average Bonchev–Trinajstić information content (AvgIpc) is 2.75. The Morgan fingerprint density at radius 2 is 1.84 bits per heavy atom. The van der Waals surface area contributed by atoms with Gasteiger partial charge in [-0.1, -0.05) is 24.3 Å². The Morgan fingerprint density at radius 3 is 2.41 bits per heavy atom. The molecular weight excluding hydrogens is 425 g/mol. The summed E-state index contributed by atoms with van der Waals surface area (Å²) in [5.74, 6) is -0.951. The van der Waals surface area contributed by atoms with Crippen molar-refractivity contribution in [3.63, 3.8) is 0 Å². The van der Waals surface area contributed by atoms with Crippen LogP contribution in [0.1, 0.15) is 11.1 Å². The Labute approximate surface area is 181 Å². The topological polar surface area (TPSA) is 80.7 Å². The third kappa shape index (κ3) is 4.30. The van der Waals surface area contributed by atoms with Crippen LogP contribution in [0.5, 0.6) is 5.88 Å². The number of carbonyl (C=O) groups is 1. The van der Waals surface area contributed by atoms with E-state index >= 15 is 0 Å². The zero-order valence-electron chi connectivity index (χ0n) is 16.7. The maximum absolute atomic E-state index is 13.1. The van der Waals surface area contributed by atoms with E-state index in [0.29, 0.717) is 22.4 Å². The highest BCUT2D eigenvalue weighted by atomic mass is 19.3. The minimum atomic E-state index is -3.01. The molecule has 0 radical (unpaired) electrons. The van der Waals surface area contributed by atoms with E-state index in [9.17, 15) is 23.1 Å². The van der Waals surface area contributed by atoms with Crippen molar-refractivity contribution in [2.24, 2.45) is 0 Å². The van der Waals surface area contributed by atoms with E-state index in [4.69, 9.17) is 4.74 Å². The summed E-state index contributed by atoms with van der Waals surface area (Å²) in [6.07, 6.45) is 1.35. The summed E-state index contributed by atoms with van der Waals surface area (Å²) in [4.78, 5) is 16.8. The summed E-state index contributed by atoms with van der Waals surface area (Å²) in [5.41, 5.74) is 1.92. The fraction of sp³-hybridized carbons (Fsp3) is 0.217. The molecule has 0 unspecified atom stereocenters. The van der Waals surface area contributed by atoms with Crippen molar-refractivity contribution in [1.82, 2.24) is 4.98 Å². The number of carbonyl (C=O) groups excluding carboxylic acids is 1. The highest BCUT2D eigenvalue weighted by molar-refractivity contribution is 6.00. The van der Waals surface area contributed by atoms with Gasteiger partial charge in [0.15, 0.2) is 0 Å². The van der Waals surface area contributed by atoms with Gasteiger partial charge in [-0.2, -0.15) is 8.78 Å². The van der Waals surface area contributed by atoms with Gasteiger partial charge >= 0.3 is 6.61 Å². The van der Waals surface area contributed by atoms with Crippen LogP contribution in [0.4, 0.5) is 18.9 Å². The summed E-state index contributed by atoms with van der Waals surface area (Å²) >= 11 is 0. The van der Waals surface area contributed by atoms with E-state index in [2.05, 4.69) is 15.0 Å². The summed E-state index contributed by atoms with van der Waals surface area (Å²) in [7, 11) is 0. The molecule has 0 spiro atoms. The molecule has 6 nitrogen and oxygen atoms in total. The van der Waals surface area contributed by atoms with Gasteiger partial charge in [-0.05, 0) is 41.0 Å². The first-order valence-electron chi connectivity index (χ1n) is 9.71. The molecule has 1 amide bonds. The number of hydrogen-bond donors (Lipinski definition) is 2. The number of rotatable bonds is 7. The van der Waals surface area contributed by atoms with Crippen LogP contribution in [-0.2, 0) is 21.6 Å². The van der Waals surface area contributed by atoms with Crippen LogP contribution in [0.15, 0.2) is 60.8 Å². The normalized spacial score (nSPS) is 14.7. The van der Waals surface area contributed by atoms with Gasteiger partial charge in [-0.3, -0.25) is 4.79 Å². The molecule has 1 aliphatic rings. The summed E-state index contributed by atoms with van der Waals surface area (Å²) in [5, 5.41) is 12.4. The molecule has 1 fully saturated rings. The minimum absolute atomic E-state index is 0.197. The van der Waals surface area contributed by atoms with Crippen LogP contribution in [0, 0.1) is 5.82 Å². The number of hydrogen-bond acceptors (Lipinski definition) is 5. The third-order valence-electron chi connectivity index (χ3n) is 5.33. The van der Waals surface area contributed by atoms with Crippen molar-refractivity contribution in [3.05, 3.63) is 77.7 Å². The number of pyridine rings is 1. The fourth-order valence-electron chi connectivity index (χ4n) is 3.51. The molecule has 4 rings (SSSR count). The Bertz CT molecular complexity index is 1100. The number of aromatic nitrogens is 1. The molecule has 1 aliphatic heterocycles. The van der Waals surface area contributed by atoms with Crippen LogP contribution < -0.4 is 10.1 Å². The first kappa shape index (κ1) is 21.8. The lowest BCUT2D eigenvalue weighted by molar-refractivity contribution is -0.139. The quantitative estimate of drug-likeness (QED) is 0.578. The molecule has 3 aromatic rings. The number of benzene rings is 2. The van der Waals surface area contributed by atoms with Crippen LogP contribution in [0.2, 0.25) is 0 Å². The molecular formula is C23H19F3N2O4. The largest absolute Gasteiger partial charge is 0.417 e. The first-order valence-corrected chi connectivity index (χ1v) is 9.71. The zero-order chi connectivity index (χ0) is 22.7. The van der Waals surface area contributed by atoms with Gasteiger partial charge in [0, 0.05) is 23.5 Å². The number of nitrogens with one attached hydrogen (secondary N) is 1. The number of amides is 1. The average molecular weight is 444 g/mol. The number of ether oxygens (including phenoxy) is 2. The van der Waals surface area contributed by atoms with E-state index in [0.717, 1.165) is 5.56 Å². The van der Waals surface area contributed by atoms with Gasteiger partial charge in [0.2, 0.25) is 11.8 Å². The molecule has 166 valence electrons. The van der Waals surface area contributed by atoms with Gasteiger partial charge < -0.3 is 19.9 Å². The molecule has 2 heterocycles. The van der Waals surface area contributed by atoms with Crippen molar-refractivity contribution in [3.8, 4) is 17.0 Å². The fourth-order valence-corrected chi connectivity index (χ4v) is 3.51. The van der Waals surface area contributed by atoms with Crippen LogP contribution in [0.3, 0.4) is 0 Å². The van der Waals surface area contributed by atoms with E-state index in [1.807, 2.05) is 0 Å². The SMILES string of the molecule is O=C(Nc1ccc(F)cc1)C1(c2ccc(-c3cnc(OC(F)F)cc3CO)cc2)COC1. The predicted octanol–water partition coefficient (Wildman–Crippen LogP) is 3.89. The molecule has 32 heavy (non-hydrogen) atoms. The molecule has 2 aromatic carbocycles. The van der Waals surface area contributed by atoms with Gasteiger partial charge in [0.05, 0.1) is 19.8 Å². The number of aliphatic hydroxyl groups is 1. The lowest BCUT2D eigenvalue weighted by Crippen LogP contribution is -2.55.